The Hall–Kier alpha value is -2.80. The van der Waals surface area contributed by atoms with Crippen LogP contribution >= 0.6 is 0 Å². The van der Waals surface area contributed by atoms with E-state index in [4.69, 9.17) is 33.2 Å². The van der Waals surface area contributed by atoms with E-state index >= 15 is 0 Å². The van der Waals surface area contributed by atoms with Crippen LogP contribution in [-0.4, -0.2) is 35.2 Å². The summed E-state index contributed by atoms with van der Waals surface area (Å²) >= 11 is 0. The smallest absolute Gasteiger partial charge is 0.231 e. The van der Waals surface area contributed by atoms with E-state index in [1.54, 1.807) is 28.4 Å². The summed E-state index contributed by atoms with van der Waals surface area (Å²) in [6.45, 7) is 4.59. The Morgan fingerprint density at radius 3 is 1.77 bits per heavy atom. The molecule has 0 amide bonds. The minimum atomic E-state index is -0.130. The number of rotatable bonds is 6. The Kier molecular flexibility index (Phi) is 5.56. The van der Waals surface area contributed by atoms with Crippen molar-refractivity contribution in [1.82, 2.24) is 0 Å². The molecule has 2 aliphatic heterocycles. The van der Waals surface area contributed by atoms with Gasteiger partial charge >= 0.3 is 0 Å². The fraction of sp³-hybridized carbons (Fsp3) is 0.478. The van der Waals surface area contributed by atoms with E-state index < -0.39 is 0 Å². The van der Waals surface area contributed by atoms with Gasteiger partial charge in [0.25, 0.3) is 0 Å². The van der Waals surface area contributed by atoms with E-state index in [9.17, 15) is 0 Å². The standard InChI is InChI=1S/C23H28O7/c1-12-13(2)21(15-9-18(26-5)23-19(10-15)28-11-29-23)30-20(12)14-7-16(24-3)22(27-6)17(8-14)25-4/h7-10,12-13,20-21H,11H2,1-6H3/t12-,13-,20-,21+/m0/s1. The fourth-order valence-corrected chi connectivity index (χ4v) is 4.30. The zero-order valence-electron chi connectivity index (χ0n) is 18.2. The quantitative estimate of drug-likeness (QED) is 0.685. The van der Waals surface area contributed by atoms with Crippen molar-refractivity contribution in [1.29, 1.82) is 0 Å². The van der Waals surface area contributed by atoms with Crippen molar-refractivity contribution in [3.63, 3.8) is 0 Å². The first-order chi connectivity index (χ1) is 14.5. The highest BCUT2D eigenvalue weighted by atomic mass is 16.7. The van der Waals surface area contributed by atoms with E-state index in [1.165, 1.54) is 0 Å². The summed E-state index contributed by atoms with van der Waals surface area (Å²) < 4.78 is 39.7. The van der Waals surface area contributed by atoms with E-state index in [0.29, 0.717) is 34.5 Å². The molecule has 0 unspecified atom stereocenters. The predicted molar refractivity (Wildman–Crippen MR) is 110 cm³/mol. The summed E-state index contributed by atoms with van der Waals surface area (Å²) in [6, 6.07) is 7.87. The summed E-state index contributed by atoms with van der Waals surface area (Å²) in [5, 5.41) is 0. The first-order valence-corrected chi connectivity index (χ1v) is 9.95. The van der Waals surface area contributed by atoms with Gasteiger partial charge in [-0.25, -0.2) is 0 Å². The lowest BCUT2D eigenvalue weighted by atomic mass is 9.85. The van der Waals surface area contributed by atoms with Crippen LogP contribution in [0, 0.1) is 11.8 Å². The fourth-order valence-electron chi connectivity index (χ4n) is 4.30. The first-order valence-electron chi connectivity index (χ1n) is 9.95. The molecule has 1 fully saturated rings. The van der Waals surface area contributed by atoms with Crippen molar-refractivity contribution in [2.75, 3.05) is 35.2 Å². The van der Waals surface area contributed by atoms with Gasteiger partial charge in [0, 0.05) is 0 Å². The zero-order valence-corrected chi connectivity index (χ0v) is 18.2. The molecule has 0 saturated carbocycles. The van der Waals surface area contributed by atoms with Crippen LogP contribution in [0.5, 0.6) is 34.5 Å². The molecular weight excluding hydrogens is 388 g/mol. The molecule has 0 aliphatic carbocycles. The summed E-state index contributed by atoms with van der Waals surface area (Å²) in [5.74, 6) is 4.30. The van der Waals surface area contributed by atoms with Gasteiger partial charge < -0.3 is 33.2 Å². The Bertz CT molecular complexity index is 901. The maximum absolute atomic E-state index is 6.59. The van der Waals surface area contributed by atoms with Gasteiger partial charge in [-0.1, -0.05) is 13.8 Å². The van der Waals surface area contributed by atoms with Gasteiger partial charge in [-0.3, -0.25) is 0 Å². The lowest BCUT2D eigenvalue weighted by Crippen LogP contribution is -2.10. The molecule has 1 saturated heterocycles. The van der Waals surface area contributed by atoms with Crippen molar-refractivity contribution in [2.45, 2.75) is 26.1 Å². The second kappa shape index (κ2) is 8.14. The van der Waals surface area contributed by atoms with E-state index in [-0.39, 0.29) is 30.8 Å². The van der Waals surface area contributed by atoms with E-state index in [0.717, 1.165) is 11.1 Å². The zero-order chi connectivity index (χ0) is 21.4. The first kappa shape index (κ1) is 20.5. The lowest BCUT2D eigenvalue weighted by molar-refractivity contribution is 0.0286. The molecule has 0 spiro atoms. The second-order valence-electron chi connectivity index (χ2n) is 7.61. The van der Waals surface area contributed by atoms with Crippen molar-refractivity contribution in [3.05, 3.63) is 35.4 Å². The molecule has 0 aromatic heterocycles. The molecule has 7 nitrogen and oxygen atoms in total. The molecule has 162 valence electrons. The minimum absolute atomic E-state index is 0.118. The van der Waals surface area contributed by atoms with Gasteiger partial charge in [0.15, 0.2) is 23.0 Å². The molecule has 7 heteroatoms. The third-order valence-electron chi connectivity index (χ3n) is 6.10. The molecule has 4 atom stereocenters. The van der Waals surface area contributed by atoms with Crippen molar-refractivity contribution >= 4 is 0 Å². The Morgan fingerprint density at radius 1 is 0.700 bits per heavy atom. The van der Waals surface area contributed by atoms with E-state index in [1.807, 2.05) is 24.3 Å². The average molecular weight is 416 g/mol. The Morgan fingerprint density at radius 2 is 1.23 bits per heavy atom. The number of fused-ring (bicyclic) bond motifs is 1. The number of benzene rings is 2. The van der Waals surface area contributed by atoms with Crippen LogP contribution in [-0.2, 0) is 4.74 Å². The molecule has 2 aromatic rings. The predicted octanol–water partition coefficient (Wildman–Crippen LogP) is 4.53. The molecular formula is C23H28O7. The van der Waals surface area contributed by atoms with Gasteiger partial charge in [0.1, 0.15) is 0 Å². The molecule has 4 rings (SSSR count). The Labute approximate surface area is 176 Å². The van der Waals surface area contributed by atoms with Gasteiger partial charge in [-0.15, -0.1) is 0 Å². The topological polar surface area (TPSA) is 64.6 Å². The molecule has 2 heterocycles. The van der Waals surface area contributed by atoms with Gasteiger partial charge in [-0.2, -0.15) is 0 Å². The summed E-state index contributed by atoms with van der Waals surface area (Å²) in [7, 11) is 6.45. The maximum atomic E-state index is 6.59. The number of methoxy groups -OCH3 is 4. The summed E-state index contributed by atoms with van der Waals surface area (Å²) in [6.07, 6.45) is -0.248. The van der Waals surface area contributed by atoms with Crippen LogP contribution in [0.15, 0.2) is 24.3 Å². The van der Waals surface area contributed by atoms with Crippen LogP contribution in [0.3, 0.4) is 0 Å². The molecule has 2 aliphatic rings. The number of ether oxygens (including phenoxy) is 7. The van der Waals surface area contributed by atoms with Crippen LogP contribution in [0.25, 0.3) is 0 Å². The molecule has 0 bridgehead atoms. The van der Waals surface area contributed by atoms with Crippen LogP contribution in [0.1, 0.15) is 37.2 Å². The second-order valence-corrected chi connectivity index (χ2v) is 7.61. The third kappa shape index (κ3) is 3.27. The SMILES string of the molecule is COc1cc([C@H]2O[C@@H](c3cc(OC)c4c(c3)OCO4)[C@@H](C)[C@@H]2C)cc(OC)c1OC. The van der Waals surface area contributed by atoms with Crippen molar-refractivity contribution in [2.24, 2.45) is 11.8 Å². The molecule has 0 radical (unpaired) electrons. The molecule has 0 N–H and O–H groups in total. The van der Waals surface area contributed by atoms with Crippen molar-refractivity contribution < 1.29 is 33.2 Å². The largest absolute Gasteiger partial charge is 0.493 e. The molecule has 30 heavy (non-hydrogen) atoms. The van der Waals surface area contributed by atoms with Gasteiger partial charge in [-0.05, 0) is 47.2 Å². The third-order valence-corrected chi connectivity index (χ3v) is 6.10. The maximum Gasteiger partial charge on any atom is 0.231 e. The minimum Gasteiger partial charge on any atom is -0.493 e. The summed E-state index contributed by atoms with van der Waals surface area (Å²) in [4.78, 5) is 0. The monoisotopic (exact) mass is 416 g/mol. The van der Waals surface area contributed by atoms with Crippen molar-refractivity contribution in [3.8, 4) is 34.5 Å². The van der Waals surface area contributed by atoms with Gasteiger partial charge in [0.05, 0.1) is 40.6 Å². The van der Waals surface area contributed by atoms with Crippen LogP contribution in [0.2, 0.25) is 0 Å². The molecule has 2 aromatic carbocycles. The Balaban J connectivity index is 1.69. The van der Waals surface area contributed by atoms with Crippen LogP contribution in [0.4, 0.5) is 0 Å². The van der Waals surface area contributed by atoms with Crippen LogP contribution < -0.4 is 28.4 Å². The van der Waals surface area contributed by atoms with Gasteiger partial charge in [0.2, 0.25) is 18.3 Å². The number of hydrogen-bond acceptors (Lipinski definition) is 7. The summed E-state index contributed by atoms with van der Waals surface area (Å²) in [5.41, 5.74) is 1.99. The highest BCUT2D eigenvalue weighted by Crippen LogP contribution is 2.53. The average Bonchev–Trinajstić information content (AvgIpc) is 3.36. The lowest BCUT2D eigenvalue weighted by Gasteiger charge is -2.20. The highest BCUT2D eigenvalue weighted by Gasteiger charge is 2.42. The highest BCUT2D eigenvalue weighted by molar-refractivity contribution is 5.56. The van der Waals surface area contributed by atoms with E-state index in [2.05, 4.69) is 13.8 Å². The normalized spacial score (nSPS) is 24.6. The number of hydrogen-bond donors (Lipinski definition) is 0.